The van der Waals surface area contributed by atoms with Crippen molar-refractivity contribution in [1.82, 2.24) is 0 Å². The highest BCUT2D eigenvalue weighted by atomic mass is 16.7. The van der Waals surface area contributed by atoms with E-state index in [1.807, 2.05) is 0 Å². The number of hydrogen-bond donors (Lipinski definition) is 8. The van der Waals surface area contributed by atoms with Crippen LogP contribution >= 0.6 is 0 Å². The van der Waals surface area contributed by atoms with Crippen LogP contribution in [0.3, 0.4) is 0 Å². The lowest BCUT2D eigenvalue weighted by molar-refractivity contribution is -0.318. The van der Waals surface area contributed by atoms with E-state index in [0.717, 1.165) is 6.07 Å². The summed E-state index contributed by atoms with van der Waals surface area (Å²) < 4.78 is 38.4. The van der Waals surface area contributed by atoms with E-state index in [2.05, 4.69) is 0 Å². The van der Waals surface area contributed by atoms with E-state index in [9.17, 15) is 45.6 Å². The van der Waals surface area contributed by atoms with E-state index < -0.39 is 79.2 Å². The summed E-state index contributed by atoms with van der Waals surface area (Å²) in [6, 6.07) is 6.59. The first-order chi connectivity index (χ1) is 21.4. The van der Waals surface area contributed by atoms with Gasteiger partial charge >= 0.3 is 0 Å². The van der Waals surface area contributed by atoms with Gasteiger partial charge in [-0.05, 0) is 25.1 Å². The second kappa shape index (κ2) is 13.0. The summed E-state index contributed by atoms with van der Waals surface area (Å²) in [5.74, 6) is -1.29. The molecule has 246 valence electrons. The molecule has 1 aromatic heterocycles. The van der Waals surface area contributed by atoms with Crippen molar-refractivity contribution < 1.29 is 73.7 Å². The van der Waals surface area contributed by atoms with E-state index in [4.69, 9.17) is 32.8 Å². The van der Waals surface area contributed by atoms with Crippen LogP contribution in [0.15, 0.2) is 39.5 Å². The first-order valence-electron chi connectivity index (χ1n) is 13.8. The average molecular weight is 639 g/mol. The molecule has 16 heteroatoms. The molecule has 3 heterocycles. The molecular weight excluding hydrogens is 604 g/mol. The van der Waals surface area contributed by atoms with Crippen molar-refractivity contribution in [1.29, 1.82) is 0 Å². The molecule has 0 saturated carbocycles. The Morgan fingerprint density at radius 2 is 1.47 bits per heavy atom. The van der Waals surface area contributed by atoms with Gasteiger partial charge in [-0.25, -0.2) is 0 Å². The summed E-state index contributed by atoms with van der Waals surface area (Å²) in [4.78, 5) is 13.0. The Balaban J connectivity index is 1.42. The number of ether oxygens (including phenoxy) is 6. The maximum absolute atomic E-state index is 13.0. The van der Waals surface area contributed by atoms with Crippen LogP contribution in [0.5, 0.6) is 28.7 Å². The van der Waals surface area contributed by atoms with Crippen molar-refractivity contribution >= 4 is 11.0 Å². The molecule has 10 atom stereocenters. The first kappa shape index (κ1) is 32.7. The predicted octanol–water partition coefficient (Wildman–Crippen LogP) is -1.08. The second-order valence-electron chi connectivity index (χ2n) is 10.6. The highest BCUT2D eigenvalue weighted by Crippen LogP contribution is 2.44. The van der Waals surface area contributed by atoms with Crippen molar-refractivity contribution in [3.63, 3.8) is 0 Å². The molecule has 0 radical (unpaired) electrons. The Morgan fingerprint density at radius 1 is 0.778 bits per heavy atom. The first-order valence-corrected chi connectivity index (χ1v) is 13.8. The SMILES string of the molecule is COc1ccc(-c2cc(=O)c3c(O)c(OC)c(OC4OC(COC5OC(C)C(O)C(O)C5O)C(O)C(O)C4O)cc3o2)cc1O. The molecule has 16 nitrogen and oxygen atoms in total. The average Bonchev–Trinajstić information content (AvgIpc) is 3.01. The maximum Gasteiger partial charge on any atom is 0.229 e. The summed E-state index contributed by atoms with van der Waals surface area (Å²) in [5.41, 5.74) is -0.530. The van der Waals surface area contributed by atoms with Crippen LogP contribution in [0.25, 0.3) is 22.3 Å². The van der Waals surface area contributed by atoms with Crippen LogP contribution in [-0.4, -0.2) is 123 Å². The van der Waals surface area contributed by atoms with Crippen LogP contribution in [0.4, 0.5) is 0 Å². The van der Waals surface area contributed by atoms with Gasteiger partial charge in [-0.3, -0.25) is 4.79 Å². The van der Waals surface area contributed by atoms with E-state index in [-0.39, 0.29) is 39.7 Å². The van der Waals surface area contributed by atoms with Gasteiger partial charge in [-0.15, -0.1) is 0 Å². The highest BCUT2D eigenvalue weighted by Gasteiger charge is 2.47. The molecular formula is C29H34O16. The lowest BCUT2D eigenvalue weighted by Crippen LogP contribution is -2.61. The zero-order chi connectivity index (χ0) is 32.7. The van der Waals surface area contributed by atoms with E-state index in [1.165, 1.54) is 45.4 Å². The lowest BCUT2D eigenvalue weighted by Gasteiger charge is -2.42. The number of benzene rings is 2. The minimum Gasteiger partial charge on any atom is -0.504 e. The number of phenols is 2. The zero-order valence-corrected chi connectivity index (χ0v) is 24.2. The molecule has 2 fully saturated rings. The summed E-state index contributed by atoms with van der Waals surface area (Å²) >= 11 is 0. The van der Waals surface area contributed by atoms with Crippen LogP contribution in [0.1, 0.15) is 6.92 Å². The lowest BCUT2D eigenvalue weighted by atomic mass is 9.98. The van der Waals surface area contributed by atoms with Gasteiger partial charge < -0.3 is 73.7 Å². The van der Waals surface area contributed by atoms with Gasteiger partial charge in [0, 0.05) is 17.7 Å². The molecule has 3 aromatic rings. The molecule has 0 spiro atoms. The predicted molar refractivity (Wildman–Crippen MR) is 150 cm³/mol. The Labute approximate surface area is 254 Å². The van der Waals surface area contributed by atoms with Gasteiger partial charge in [0.2, 0.25) is 12.0 Å². The number of methoxy groups -OCH3 is 2. The molecule has 0 amide bonds. The second-order valence-corrected chi connectivity index (χ2v) is 10.6. The van der Waals surface area contributed by atoms with Crippen molar-refractivity contribution in [2.45, 2.75) is 68.3 Å². The standard InChI is InChI=1S/C29H34O16/c1-10-20(32)23(35)25(37)28(42-10)41-9-18-21(33)24(36)26(38)29(45-18)44-17-8-16-19(22(34)27(17)40-3)13(31)7-15(43-16)11-4-5-14(39-2)12(30)6-11/h4-8,10,18,20-21,23-26,28-30,32-38H,9H2,1-3H3. The zero-order valence-electron chi connectivity index (χ0n) is 24.2. The van der Waals surface area contributed by atoms with Gasteiger partial charge in [-0.1, -0.05) is 0 Å². The summed E-state index contributed by atoms with van der Waals surface area (Å²) in [6.07, 6.45) is -15.4. The number of aromatic hydroxyl groups is 2. The Bertz CT molecular complexity index is 1570. The minimum absolute atomic E-state index is 0.0183. The molecule has 45 heavy (non-hydrogen) atoms. The quantitative estimate of drug-likeness (QED) is 0.146. The normalized spacial score (nSPS) is 31.9. The van der Waals surface area contributed by atoms with Crippen LogP contribution in [-0.2, 0) is 14.2 Å². The van der Waals surface area contributed by atoms with Gasteiger partial charge in [0.15, 0.2) is 34.7 Å². The number of phenolic OH excluding ortho intramolecular Hbond substituents is 2. The highest BCUT2D eigenvalue weighted by molar-refractivity contribution is 5.89. The van der Waals surface area contributed by atoms with Gasteiger partial charge in [0.05, 0.1) is 26.9 Å². The number of fused-ring (bicyclic) bond motifs is 1. The monoisotopic (exact) mass is 638 g/mol. The molecule has 0 bridgehead atoms. The van der Waals surface area contributed by atoms with Crippen LogP contribution in [0, 0.1) is 0 Å². The molecule has 10 unspecified atom stereocenters. The largest absolute Gasteiger partial charge is 0.504 e. The topological polar surface area (TPSA) is 247 Å². The molecule has 2 aromatic carbocycles. The Morgan fingerprint density at radius 3 is 2.13 bits per heavy atom. The van der Waals surface area contributed by atoms with Crippen molar-refractivity contribution in [3.8, 4) is 40.1 Å². The minimum atomic E-state index is -1.84. The van der Waals surface area contributed by atoms with Crippen molar-refractivity contribution in [2.24, 2.45) is 0 Å². The van der Waals surface area contributed by atoms with Crippen molar-refractivity contribution in [3.05, 3.63) is 40.6 Å². The Kier molecular flexibility index (Phi) is 9.41. The van der Waals surface area contributed by atoms with Gasteiger partial charge in [-0.2, -0.15) is 0 Å². The number of aliphatic hydroxyl groups excluding tert-OH is 6. The fourth-order valence-corrected chi connectivity index (χ4v) is 5.15. The third-order valence-electron chi connectivity index (χ3n) is 7.73. The van der Waals surface area contributed by atoms with Crippen LogP contribution < -0.4 is 19.6 Å². The van der Waals surface area contributed by atoms with E-state index in [1.54, 1.807) is 0 Å². The third-order valence-corrected chi connectivity index (χ3v) is 7.73. The number of rotatable bonds is 8. The number of aliphatic hydroxyl groups is 6. The van der Waals surface area contributed by atoms with E-state index >= 15 is 0 Å². The summed E-state index contributed by atoms with van der Waals surface area (Å²) in [6.45, 7) is 0.916. The van der Waals surface area contributed by atoms with Gasteiger partial charge in [0.25, 0.3) is 0 Å². The van der Waals surface area contributed by atoms with Gasteiger partial charge in [0.1, 0.15) is 59.5 Å². The molecule has 5 rings (SSSR count). The molecule has 8 N–H and O–H groups in total. The van der Waals surface area contributed by atoms with Crippen LogP contribution in [0.2, 0.25) is 0 Å². The maximum atomic E-state index is 13.0. The fourth-order valence-electron chi connectivity index (χ4n) is 5.15. The summed E-state index contributed by atoms with van der Waals surface area (Å²) in [7, 11) is 2.55. The van der Waals surface area contributed by atoms with E-state index in [0.29, 0.717) is 5.56 Å². The smallest absolute Gasteiger partial charge is 0.229 e. The summed E-state index contributed by atoms with van der Waals surface area (Å²) in [5, 5.41) is 82.7. The molecule has 2 aliphatic heterocycles. The number of hydrogen-bond acceptors (Lipinski definition) is 16. The molecule has 2 saturated heterocycles. The fraction of sp³-hybridized carbons (Fsp3) is 0.483. The third kappa shape index (κ3) is 6.11. The van der Waals surface area contributed by atoms with Crippen molar-refractivity contribution in [2.75, 3.05) is 20.8 Å². The molecule has 2 aliphatic rings. The molecule has 0 aliphatic carbocycles. The Hall–Kier alpha value is -3.71.